The van der Waals surface area contributed by atoms with E-state index in [1.165, 1.54) is 12.8 Å². The highest BCUT2D eigenvalue weighted by Gasteiger charge is 2.13. The molecule has 0 bridgehead atoms. The van der Waals surface area contributed by atoms with Crippen LogP contribution in [0.2, 0.25) is 0 Å². The SMILES string of the molecule is CC#CCCNC(=O)N1CCCCCC1. The predicted molar refractivity (Wildman–Crippen MR) is 61.5 cm³/mol. The lowest BCUT2D eigenvalue weighted by Crippen LogP contribution is -2.40. The zero-order valence-electron chi connectivity index (χ0n) is 9.51. The van der Waals surface area contributed by atoms with Crippen molar-refractivity contribution in [2.24, 2.45) is 0 Å². The second-order valence-electron chi connectivity index (χ2n) is 3.81. The Balaban J connectivity index is 2.21. The van der Waals surface area contributed by atoms with Gasteiger partial charge in [0.25, 0.3) is 0 Å². The standard InChI is InChI=1S/C12H20N2O/c1-2-3-6-9-13-12(15)14-10-7-4-5-8-11-14/h4-11H2,1H3,(H,13,15). The van der Waals surface area contributed by atoms with E-state index < -0.39 is 0 Å². The van der Waals surface area contributed by atoms with Crippen LogP contribution in [-0.2, 0) is 0 Å². The maximum absolute atomic E-state index is 11.7. The second kappa shape index (κ2) is 7.17. The molecule has 0 aromatic heterocycles. The normalized spacial score (nSPS) is 16.2. The summed E-state index contributed by atoms with van der Waals surface area (Å²) in [5, 5.41) is 2.90. The lowest BCUT2D eigenvalue weighted by Gasteiger charge is -2.20. The van der Waals surface area contributed by atoms with Crippen molar-refractivity contribution in [3.8, 4) is 11.8 Å². The lowest BCUT2D eigenvalue weighted by atomic mass is 10.2. The van der Waals surface area contributed by atoms with Crippen LogP contribution >= 0.6 is 0 Å². The van der Waals surface area contributed by atoms with Gasteiger partial charge >= 0.3 is 6.03 Å². The van der Waals surface area contributed by atoms with Crippen molar-refractivity contribution in [1.29, 1.82) is 0 Å². The molecular weight excluding hydrogens is 188 g/mol. The van der Waals surface area contributed by atoms with Gasteiger partial charge in [-0.25, -0.2) is 4.79 Å². The van der Waals surface area contributed by atoms with E-state index >= 15 is 0 Å². The third-order valence-electron chi connectivity index (χ3n) is 2.60. The fourth-order valence-corrected chi connectivity index (χ4v) is 1.74. The van der Waals surface area contributed by atoms with Crippen molar-refractivity contribution in [1.82, 2.24) is 10.2 Å². The van der Waals surface area contributed by atoms with Gasteiger partial charge in [-0.3, -0.25) is 0 Å². The van der Waals surface area contributed by atoms with Crippen molar-refractivity contribution in [3.05, 3.63) is 0 Å². The van der Waals surface area contributed by atoms with Gasteiger partial charge in [-0.1, -0.05) is 12.8 Å². The van der Waals surface area contributed by atoms with Gasteiger partial charge in [0.2, 0.25) is 0 Å². The molecular formula is C12H20N2O. The Morgan fingerprint density at radius 2 is 1.93 bits per heavy atom. The molecule has 2 amide bonds. The molecule has 15 heavy (non-hydrogen) atoms. The molecule has 0 unspecified atom stereocenters. The number of amides is 2. The van der Waals surface area contributed by atoms with Crippen LogP contribution in [0.4, 0.5) is 4.79 Å². The van der Waals surface area contributed by atoms with Crippen molar-refractivity contribution < 1.29 is 4.79 Å². The number of hydrogen-bond donors (Lipinski definition) is 1. The van der Waals surface area contributed by atoms with Gasteiger partial charge in [-0.05, 0) is 19.8 Å². The van der Waals surface area contributed by atoms with Crippen molar-refractivity contribution in [2.45, 2.75) is 39.0 Å². The first-order valence-corrected chi connectivity index (χ1v) is 5.77. The average molecular weight is 208 g/mol. The van der Waals surface area contributed by atoms with Crippen molar-refractivity contribution in [3.63, 3.8) is 0 Å². The summed E-state index contributed by atoms with van der Waals surface area (Å²) in [5.74, 6) is 5.75. The predicted octanol–water partition coefficient (Wildman–Crippen LogP) is 1.99. The van der Waals surface area contributed by atoms with Crippen LogP contribution in [0.3, 0.4) is 0 Å². The van der Waals surface area contributed by atoms with Gasteiger partial charge in [0, 0.05) is 26.1 Å². The van der Waals surface area contributed by atoms with E-state index in [-0.39, 0.29) is 6.03 Å². The quantitative estimate of drug-likeness (QED) is 0.546. The fourth-order valence-electron chi connectivity index (χ4n) is 1.74. The summed E-state index contributed by atoms with van der Waals surface area (Å²) in [4.78, 5) is 13.6. The molecule has 0 spiro atoms. The van der Waals surface area contributed by atoms with Gasteiger partial charge in [0.1, 0.15) is 0 Å². The first kappa shape index (κ1) is 11.9. The highest BCUT2D eigenvalue weighted by atomic mass is 16.2. The largest absolute Gasteiger partial charge is 0.337 e. The second-order valence-corrected chi connectivity index (χ2v) is 3.81. The zero-order chi connectivity index (χ0) is 10.9. The van der Waals surface area contributed by atoms with Crippen LogP contribution in [0.15, 0.2) is 0 Å². The molecule has 1 heterocycles. The molecule has 0 aliphatic carbocycles. The minimum absolute atomic E-state index is 0.0785. The molecule has 1 aliphatic rings. The van der Waals surface area contributed by atoms with E-state index in [0.29, 0.717) is 6.54 Å². The Bertz CT molecular complexity index is 244. The lowest BCUT2D eigenvalue weighted by molar-refractivity contribution is 0.200. The molecule has 0 saturated carbocycles. The number of hydrogen-bond acceptors (Lipinski definition) is 1. The number of carbonyl (C=O) groups is 1. The summed E-state index contributed by atoms with van der Waals surface area (Å²) in [6, 6.07) is 0.0785. The summed E-state index contributed by atoms with van der Waals surface area (Å²) in [7, 11) is 0. The summed E-state index contributed by atoms with van der Waals surface area (Å²) in [6.07, 6.45) is 5.54. The maximum Gasteiger partial charge on any atom is 0.317 e. The molecule has 3 nitrogen and oxygen atoms in total. The van der Waals surface area contributed by atoms with Crippen LogP contribution in [0, 0.1) is 11.8 Å². The van der Waals surface area contributed by atoms with E-state index in [2.05, 4.69) is 17.2 Å². The molecule has 1 rings (SSSR count). The summed E-state index contributed by atoms with van der Waals surface area (Å²) >= 11 is 0. The third-order valence-corrected chi connectivity index (χ3v) is 2.60. The van der Waals surface area contributed by atoms with Gasteiger partial charge < -0.3 is 10.2 Å². The van der Waals surface area contributed by atoms with E-state index in [0.717, 1.165) is 32.4 Å². The van der Waals surface area contributed by atoms with Crippen molar-refractivity contribution >= 4 is 6.03 Å². The molecule has 0 aromatic carbocycles. The number of urea groups is 1. The third kappa shape index (κ3) is 4.73. The molecule has 1 saturated heterocycles. The van der Waals surface area contributed by atoms with E-state index in [9.17, 15) is 4.79 Å². The number of nitrogens with zero attached hydrogens (tertiary/aromatic N) is 1. The highest BCUT2D eigenvalue weighted by Crippen LogP contribution is 2.09. The van der Waals surface area contributed by atoms with Crippen LogP contribution in [0.1, 0.15) is 39.0 Å². The Morgan fingerprint density at radius 1 is 1.27 bits per heavy atom. The van der Waals surface area contributed by atoms with E-state index in [4.69, 9.17) is 0 Å². The van der Waals surface area contributed by atoms with Gasteiger partial charge in [0.05, 0.1) is 0 Å². The van der Waals surface area contributed by atoms with Gasteiger partial charge in [-0.2, -0.15) is 0 Å². The maximum atomic E-state index is 11.7. The Morgan fingerprint density at radius 3 is 2.53 bits per heavy atom. The fraction of sp³-hybridized carbons (Fsp3) is 0.750. The molecule has 3 heteroatoms. The van der Waals surface area contributed by atoms with Gasteiger partial charge in [0.15, 0.2) is 0 Å². The molecule has 0 radical (unpaired) electrons. The Labute approximate surface area is 92.2 Å². The van der Waals surface area contributed by atoms with Crippen LogP contribution in [0.25, 0.3) is 0 Å². The zero-order valence-corrected chi connectivity index (χ0v) is 9.51. The topological polar surface area (TPSA) is 32.3 Å². The van der Waals surface area contributed by atoms with E-state index in [1.807, 2.05) is 11.8 Å². The number of nitrogens with one attached hydrogen (secondary N) is 1. The first-order valence-electron chi connectivity index (χ1n) is 5.77. The Kier molecular flexibility index (Phi) is 5.69. The highest BCUT2D eigenvalue weighted by molar-refractivity contribution is 5.74. The number of carbonyl (C=O) groups excluding carboxylic acids is 1. The van der Waals surface area contributed by atoms with Crippen molar-refractivity contribution in [2.75, 3.05) is 19.6 Å². The monoisotopic (exact) mass is 208 g/mol. The molecule has 1 N–H and O–H groups in total. The summed E-state index contributed by atoms with van der Waals surface area (Å²) in [5.41, 5.74) is 0. The minimum Gasteiger partial charge on any atom is -0.337 e. The average Bonchev–Trinajstić information content (AvgIpc) is 2.52. The summed E-state index contributed by atoms with van der Waals surface area (Å²) < 4.78 is 0. The van der Waals surface area contributed by atoms with E-state index in [1.54, 1.807) is 0 Å². The van der Waals surface area contributed by atoms with Gasteiger partial charge in [-0.15, -0.1) is 11.8 Å². The summed E-state index contributed by atoms with van der Waals surface area (Å²) in [6.45, 7) is 4.30. The van der Waals surface area contributed by atoms with Crippen LogP contribution in [0.5, 0.6) is 0 Å². The minimum atomic E-state index is 0.0785. The molecule has 1 aliphatic heterocycles. The Hall–Kier alpha value is -1.17. The van der Waals surface area contributed by atoms with Crippen LogP contribution < -0.4 is 5.32 Å². The smallest absolute Gasteiger partial charge is 0.317 e. The molecule has 84 valence electrons. The molecule has 1 fully saturated rings. The number of rotatable bonds is 2. The van der Waals surface area contributed by atoms with Crippen LogP contribution in [-0.4, -0.2) is 30.6 Å². The molecule has 0 aromatic rings. The molecule has 0 atom stereocenters. The number of likely N-dealkylation sites (tertiary alicyclic amines) is 1. The first-order chi connectivity index (χ1) is 7.34.